The van der Waals surface area contributed by atoms with Crippen LogP contribution in [0.1, 0.15) is 24.9 Å². The molecule has 4 aromatic heterocycles. The topological polar surface area (TPSA) is 91.0 Å². The second-order valence-corrected chi connectivity index (χ2v) is 9.51. The van der Waals surface area contributed by atoms with E-state index in [-0.39, 0.29) is 6.61 Å². The molecular formula is C26H20FN7OS. The fraction of sp³-hybridized carbons (Fsp3) is 0.154. The van der Waals surface area contributed by atoms with Crippen LogP contribution in [0.3, 0.4) is 0 Å². The number of benzene rings is 1. The van der Waals surface area contributed by atoms with E-state index in [2.05, 4.69) is 50.3 Å². The van der Waals surface area contributed by atoms with E-state index in [4.69, 9.17) is 9.84 Å². The molecule has 0 amide bonds. The van der Waals surface area contributed by atoms with E-state index < -0.39 is 5.95 Å². The standard InChI is InChI=1S/C26H20FN7OS/c1-16-3-2-4-17(11-16)20-7-8-24-31-32-25(34(24)33-20)14-35-22-9-10-28-21-12-18(5-6-19(21)22)36-26-13-23(27)29-15-30-26/h2-10,12-13,15-16H,11,14H2,1H3. The molecule has 10 heteroatoms. The molecule has 8 nitrogen and oxygen atoms in total. The quantitative estimate of drug-likeness (QED) is 0.292. The number of hydrogen-bond donors (Lipinski definition) is 0. The molecule has 1 aromatic carbocycles. The summed E-state index contributed by atoms with van der Waals surface area (Å²) in [6, 6.07) is 12.8. The monoisotopic (exact) mass is 497 g/mol. The number of fused-ring (bicyclic) bond motifs is 2. The Morgan fingerprint density at radius 1 is 1.08 bits per heavy atom. The van der Waals surface area contributed by atoms with Gasteiger partial charge in [0.1, 0.15) is 23.7 Å². The molecular weight excluding hydrogens is 477 g/mol. The normalized spacial score (nSPS) is 15.4. The lowest BCUT2D eigenvalue weighted by molar-refractivity contribution is 0.296. The minimum atomic E-state index is -0.563. The minimum Gasteiger partial charge on any atom is -0.485 e. The van der Waals surface area contributed by atoms with Gasteiger partial charge in [-0.05, 0) is 54.3 Å². The van der Waals surface area contributed by atoms with Crippen LogP contribution in [0.25, 0.3) is 22.1 Å². The molecule has 1 aliphatic carbocycles. The lowest BCUT2D eigenvalue weighted by Gasteiger charge is -2.14. The largest absolute Gasteiger partial charge is 0.485 e. The highest BCUT2D eigenvalue weighted by Crippen LogP contribution is 2.32. The first kappa shape index (κ1) is 22.3. The van der Waals surface area contributed by atoms with Crippen molar-refractivity contribution in [1.29, 1.82) is 0 Å². The Morgan fingerprint density at radius 2 is 2.03 bits per heavy atom. The number of pyridine rings is 1. The van der Waals surface area contributed by atoms with Crippen LogP contribution in [0.4, 0.5) is 4.39 Å². The number of nitrogens with zero attached hydrogens (tertiary/aromatic N) is 7. The maximum atomic E-state index is 13.4. The van der Waals surface area contributed by atoms with Crippen LogP contribution < -0.4 is 4.74 Å². The van der Waals surface area contributed by atoms with E-state index in [9.17, 15) is 4.39 Å². The predicted molar refractivity (Wildman–Crippen MR) is 134 cm³/mol. The van der Waals surface area contributed by atoms with Crippen molar-refractivity contribution in [2.45, 2.75) is 29.9 Å². The lowest BCUT2D eigenvalue weighted by Crippen LogP contribution is -2.07. The van der Waals surface area contributed by atoms with Crippen LogP contribution in [-0.2, 0) is 6.61 Å². The van der Waals surface area contributed by atoms with Crippen molar-refractivity contribution in [3.05, 3.63) is 90.7 Å². The molecule has 0 spiro atoms. The van der Waals surface area contributed by atoms with E-state index in [1.807, 2.05) is 36.4 Å². The van der Waals surface area contributed by atoms with Crippen LogP contribution in [-0.4, -0.2) is 34.8 Å². The van der Waals surface area contributed by atoms with Crippen LogP contribution >= 0.6 is 11.8 Å². The zero-order valence-corrected chi connectivity index (χ0v) is 20.1. The van der Waals surface area contributed by atoms with E-state index in [1.165, 1.54) is 29.7 Å². The van der Waals surface area contributed by atoms with Crippen molar-refractivity contribution >= 4 is 33.9 Å². The first-order valence-electron chi connectivity index (χ1n) is 11.4. The summed E-state index contributed by atoms with van der Waals surface area (Å²) in [5.41, 5.74) is 3.51. The van der Waals surface area contributed by atoms with Crippen LogP contribution in [0.15, 0.2) is 83.1 Å². The van der Waals surface area contributed by atoms with Crippen molar-refractivity contribution in [1.82, 2.24) is 34.8 Å². The maximum Gasteiger partial charge on any atom is 0.217 e. The smallest absolute Gasteiger partial charge is 0.217 e. The molecule has 1 aliphatic rings. The molecule has 0 saturated heterocycles. The Labute approximate surface area is 210 Å². The molecule has 0 saturated carbocycles. The number of halogens is 1. The summed E-state index contributed by atoms with van der Waals surface area (Å²) >= 11 is 1.34. The first-order valence-corrected chi connectivity index (χ1v) is 12.2. The molecule has 0 N–H and O–H groups in total. The van der Waals surface area contributed by atoms with Crippen molar-refractivity contribution < 1.29 is 9.13 Å². The van der Waals surface area contributed by atoms with E-state index >= 15 is 0 Å². The number of aromatic nitrogens is 7. The van der Waals surface area contributed by atoms with Crippen molar-refractivity contribution in [2.75, 3.05) is 0 Å². The Kier molecular flexibility index (Phi) is 5.86. The highest BCUT2D eigenvalue weighted by Gasteiger charge is 2.14. The molecule has 0 bridgehead atoms. The molecule has 6 rings (SSSR count). The van der Waals surface area contributed by atoms with Gasteiger partial charge in [-0.3, -0.25) is 4.98 Å². The van der Waals surface area contributed by atoms with Gasteiger partial charge in [0.25, 0.3) is 0 Å². The van der Waals surface area contributed by atoms with E-state index in [0.29, 0.717) is 28.2 Å². The summed E-state index contributed by atoms with van der Waals surface area (Å²) in [6.07, 6.45) is 10.2. The van der Waals surface area contributed by atoms with Crippen LogP contribution in [0, 0.1) is 11.9 Å². The molecule has 0 fully saturated rings. The van der Waals surface area contributed by atoms with Gasteiger partial charge in [0, 0.05) is 22.5 Å². The zero-order chi connectivity index (χ0) is 24.5. The maximum absolute atomic E-state index is 13.4. The fourth-order valence-electron chi connectivity index (χ4n) is 4.06. The van der Waals surface area contributed by atoms with Crippen molar-refractivity contribution in [2.24, 2.45) is 5.92 Å². The molecule has 5 aromatic rings. The van der Waals surface area contributed by atoms with Crippen molar-refractivity contribution in [3.63, 3.8) is 0 Å². The minimum absolute atomic E-state index is 0.197. The van der Waals surface area contributed by atoms with Crippen LogP contribution in [0.2, 0.25) is 0 Å². The summed E-state index contributed by atoms with van der Waals surface area (Å²) in [5, 5.41) is 14.7. The summed E-state index contributed by atoms with van der Waals surface area (Å²) in [6.45, 7) is 2.39. The lowest BCUT2D eigenvalue weighted by atomic mass is 9.94. The van der Waals surface area contributed by atoms with Gasteiger partial charge in [0.15, 0.2) is 11.5 Å². The third-order valence-electron chi connectivity index (χ3n) is 5.80. The number of allylic oxidation sites excluding steroid dienone is 4. The summed E-state index contributed by atoms with van der Waals surface area (Å²) in [7, 11) is 0. The Hall–Kier alpha value is -4.18. The highest BCUT2D eigenvalue weighted by molar-refractivity contribution is 7.99. The van der Waals surface area contributed by atoms with Gasteiger partial charge in [-0.25, -0.2) is 9.97 Å². The summed E-state index contributed by atoms with van der Waals surface area (Å²) in [5.74, 6) is 1.19. The molecule has 1 unspecified atom stereocenters. The van der Waals surface area contributed by atoms with Gasteiger partial charge in [-0.15, -0.1) is 10.2 Å². The second-order valence-electron chi connectivity index (χ2n) is 8.42. The third kappa shape index (κ3) is 4.55. The zero-order valence-electron chi connectivity index (χ0n) is 19.2. The Morgan fingerprint density at radius 3 is 2.92 bits per heavy atom. The second kappa shape index (κ2) is 9.46. The average molecular weight is 498 g/mol. The van der Waals surface area contributed by atoms with Crippen molar-refractivity contribution in [3.8, 4) is 5.75 Å². The van der Waals surface area contributed by atoms with Gasteiger partial charge < -0.3 is 4.74 Å². The third-order valence-corrected chi connectivity index (χ3v) is 6.72. The predicted octanol–water partition coefficient (Wildman–Crippen LogP) is 5.31. The summed E-state index contributed by atoms with van der Waals surface area (Å²) in [4.78, 5) is 12.9. The summed E-state index contributed by atoms with van der Waals surface area (Å²) < 4.78 is 21.3. The molecule has 4 heterocycles. The van der Waals surface area contributed by atoms with Crippen LogP contribution in [0.5, 0.6) is 5.75 Å². The van der Waals surface area contributed by atoms with Gasteiger partial charge >= 0.3 is 0 Å². The van der Waals surface area contributed by atoms with E-state index in [1.54, 1.807) is 10.7 Å². The molecule has 0 radical (unpaired) electrons. The number of hydrogen-bond acceptors (Lipinski definition) is 8. The van der Waals surface area contributed by atoms with Gasteiger partial charge in [0.2, 0.25) is 5.95 Å². The Bertz CT molecular complexity index is 1650. The SMILES string of the molecule is CC1C=CC=C(c2ccc3nnc(COc4ccnc5cc(Sc6cc(F)ncn6)ccc45)n3n2)C1. The van der Waals surface area contributed by atoms with Gasteiger partial charge in [0.05, 0.1) is 11.2 Å². The molecule has 36 heavy (non-hydrogen) atoms. The highest BCUT2D eigenvalue weighted by atomic mass is 32.2. The number of rotatable bonds is 6. The van der Waals surface area contributed by atoms with Gasteiger partial charge in [-0.1, -0.05) is 36.9 Å². The fourth-order valence-corrected chi connectivity index (χ4v) is 4.86. The van der Waals surface area contributed by atoms with Gasteiger partial charge in [-0.2, -0.15) is 14.0 Å². The number of ether oxygens (including phenoxy) is 1. The molecule has 178 valence electrons. The van der Waals surface area contributed by atoms with E-state index in [0.717, 1.165) is 27.9 Å². The Balaban J connectivity index is 1.24. The average Bonchev–Trinajstić information content (AvgIpc) is 3.29. The molecule has 1 atom stereocenters. The molecule has 0 aliphatic heterocycles. The first-order chi connectivity index (χ1) is 17.6.